The quantitative estimate of drug-likeness (QED) is 0.113. The van der Waals surface area contributed by atoms with Crippen LogP contribution < -0.4 is 9.80 Å². The van der Waals surface area contributed by atoms with E-state index in [0.29, 0.717) is 22.9 Å². The number of rotatable bonds is 13. The van der Waals surface area contributed by atoms with Crippen LogP contribution in [0.15, 0.2) is 370 Å². The molecule has 16 aromatic carbocycles. The first kappa shape index (κ1) is 58.3. The zero-order valence-corrected chi connectivity index (χ0v) is 54.9. The minimum absolute atomic E-state index is 0.580. The summed E-state index contributed by atoms with van der Waals surface area (Å²) in [6.45, 7) is 0. The van der Waals surface area contributed by atoms with Crippen LogP contribution in [0.4, 0.5) is 34.1 Å². The van der Waals surface area contributed by atoms with Crippen LogP contribution in [0, 0.1) is 0 Å². The van der Waals surface area contributed by atoms with Crippen molar-refractivity contribution < 1.29 is 17.7 Å². The number of oxazole rings is 2. The Morgan fingerprint density at radius 3 is 1.03 bits per heavy atom. The van der Waals surface area contributed by atoms with Crippen LogP contribution in [0.2, 0.25) is 0 Å². The second-order valence-corrected chi connectivity index (χ2v) is 26.1. The second-order valence-electron chi connectivity index (χ2n) is 26.1. The summed E-state index contributed by atoms with van der Waals surface area (Å²) in [6.07, 6.45) is 0. The molecule has 0 amide bonds. The van der Waals surface area contributed by atoms with Crippen molar-refractivity contribution >= 4 is 122 Å². The molecule has 0 saturated carbocycles. The first-order chi connectivity index (χ1) is 50.5. The predicted octanol–water partition coefficient (Wildman–Crippen LogP) is 26.7. The first-order valence-electron chi connectivity index (χ1n) is 34.3. The number of para-hydroxylation sites is 2. The van der Waals surface area contributed by atoms with Crippen LogP contribution in [0.25, 0.3) is 166 Å². The van der Waals surface area contributed by atoms with Gasteiger partial charge in [-0.2, -0.15) is 0 Å². The van der Waals surface area contributed by atoms with Gasteiger partial charge >= 0.3 is 0 Å². The average Bonchev–Trinajstić information content (AvgIpc) is 1.59. The SMILES string of the molecule is c1ccc(-c2cccc(N(c3ccc(-c4ccc5cc(-c6cccc(-c7ccc(N(c8ccc(-c9ccc%10ccccc%10c9)cc8)c8cccc9c8oc8cc%10oc(-c%11ccccc%11)nc%10cc89)cc7)c6)ccc5c4)cc3)c3cccc4c3oc3cc5oc(-c6ccccc6)nc5cc34)c2)cc1. The maximum absolute atomic E-state index is 6.91. The van der Waals surface area contributed by atoms with Crippen LogP contribution in [0.1, 0.15) is 0 Å². The fourth-order valence-electron chi connectivity index (χ4n) is 14.7. The summed E-state index contributed by atoms with van der Waals surface area (Å²) in [7, 11) is 0. The molecule has 4 heterocycles. The Morgan fingerprint density at radius 1 is 0.196 bits per heavy atom. The summed E-state index contributed by atoms with van der Waals surface area (Å²) in [6, 6.07) is 124. The molecule has 4 aromatic heterocycles. The van der Waals surface area contributed by atoms with Crippen molar-refractivity contribution in [3.63, 3.8) is 0 Å². The molecule has 0 radical (unpaired) electrons. The van der Waals surface area contributed by atoms with E-state index in [-0.39, 0.29) is 0 Å². The molecule has 0 aliphatic heterocycles. The fourth-order valence-corrected chi connectivity index (χ4v) is 14.7. The summed E-state index contributed by atoms with van der Waals surface area (Å²) < 4.78 is 26.5. The summed E-state index contributed by atoms with van der Waals surface area (Å²) in [4.78, 5) is 14.4. The molecule has 0 N–H and O–H groups in total. The van der Waals surface area contributed by atoms with E-state index >= 15 is 0 Å². The van der Waals surface area contributed by atoms with E-state index in [1.54, 1.807) is 0 Å². The molecule has 0 saturated heterocycles. The van der Waals surface area contributed by atoms with Gasteiger partial charge < -0.3 is 27.5 Å². The summed E-state index contributed by atoms with van der Waals surface area (Å²) in [5.41, 5.74) is 24.9. The average molecular weight is 1310 g/mol. The van der Waals surface area contributed by atoms with Gasteiger partial charge in [-0.25, -0.2) is 9.97 Å². The first-order valence-corrected chi connectivity index (χ1v) is 34.3. The molecule has 20 rings (SSSR count). The van der Waals surface area contributed by atoms with E-state index in [2.05, 4.69) is 289 Å². The molecule has 0 aliphatic rings. The highest BCUT2D eigenvalue weighted by atomic mass is 16.4. The highest BCUT2D eigenvalue weighted by Crippen LogP contribution is 2.47. The lowest BCUT2D eigenvalue weighted by molar-refractivity contribution is 0.617. The molecule has 0 bridgehead atoms. The van der Waals surface area contributed by atoms with Gasteiger partial charge in [0.2, 0.25) is 11.8 Å². The van der Waals surface area contributed by atoms with E-state index in [9.17, 15) is 0 Å². The Morgan fingerprint density at radius 2 is 0.539 bits per heavy atom. The maximum atomic E-state index is 6.91. The molecule has 8 nitrogen and oxygen atoms in total. The third kappa shape index (κ3) is 10.3. The Labute approximate surface area is 586 Å². The maximum Gasteiger partial charge on any atom is 0.227 e. The van der Waals surface area contributed by atoms with Crippen LogP contribution in [-0.2, 0) is 0 Å². The van der Waals surface area contributed by atoms with Gasteiger partial charge in [0.15, 0.2) is 22.3 Å². The number of aromatic nitrogens is 2. The van der Waals surface area contributed by atoms with Crippen molar-refractivity contribution in [2.45, 2.75) is 0 Å². The molecule has 0 unspecified atom stereocenters. The lowest BCUT2D eigenvalue weighted by Crippen LogP contribution is -2.10. The van der Waals surface area contributed by atoms with E-state index in [1.807, 2.05) is 72.8 Å². The van der Waals surface area contributed by atoms with Gasteiger partial charge in [-0.15, -0.1) is 0 Å². The molecule has 0 fully saturated rings. The number of benzene rings is 16. The van der Waals surface area contributed by atoms with Crippen molar-refractivity contribution in [2.24, 2.45) is 0 Å². The van der Waals surface area contributed by atoms with Gasteiger partial charge in [0.1, 0.15) is 22.2 Å². The van der Waals surface area contributed by atoms with Crippen molar-refractivity contribution in [3.8, 4) is 78.5 Å². The van der Waals surface area contributed by atoms with E-state index in [4.69, 9.17) is 27.6 Å². The second kappa shape index (κ2) is 24.0. The monoisotopic (exact) mass is 1310 g/mol. The molecular weight excluding hydrogens is 1250 g/mol. The largest absolute Gasteiger partial charge is 0.454 e. The van der Waals surface area contributed by atoms with Crippen molar-refractivity contribution in [2.75, 3.05) is 9.80 Å². The zero-order valence-electron chi connectivity index (χ0n) is 54.9. The molecule has 8 heteroatoms. The molecule has 20 aromatic rings. The third-order valence-electron chi connectivity index (χ3n) is 19.9. The number of hydrogen-bond acceptors (Lipinski definition) is 8. The molecular formula is C94H58N4O4. The Kier molecular flexibility index (Phi) is 13.7. The zero-order chi connectivity index (χ0) is 67.2. The number of furan rings is 2. The van der Waals surface area contributed by atoms with Crippen LogP contribution in [-0.4, -0.2) is 9.97 Å². The topological polar surface area (TPSA) is 84.8 Å². The summed E-state index contributed by atoms with van der Waals surface area (Å²) in [5.74, 6) is 1.16. The third-order valence-corrected chi connectivity index (χ3v) is 19.9. The normalized spacial score (nSPS) is 11.7. The molecule has 102 heavy (non-hydrogen) atoms. The Hall–Kier alpha value is -13.8. The van der Waals surface area contributed by atoms with Crippen molar-refractivity contribution in [3.05, 3.63) is 352 Å². The van der Waals surface area contributed by atoms with Gasteiger partial charge in [0, 0.05) is 67.6 Å². The van der Waals surface area contributed by atoms with Crippen LogP contribution in [0.5, 0.6) is 0 Å². The standard InChI is InChI=1S/C94H58N4O4/c1-4-16-59(17-5-1)69-26-13-27-78(54-69)98(86-31-15-29-80-82-56-84-90(58-88(82)100-92(80)86)102-94(96-84)65-21-8-3-9-22-65)77-48-42-63(43-49-77)71-34-35-74-53-72(36-37-73(74)52-71)68-25-12-24-67(50-68)61-38-44-75(45-39-61)97(76-46-40-62(41-47-76)70-33-32-60-18-10-11-23-66(60)51-70)85-30-14-28-79-81-55-83-89(57-87(81)99-91(79)85)101-93(95-83)64-19-6-2-7-20-64/h1-58H. The van der Waals surface area contributed by atoms with Crippen molar-refractivity contribution in [1.82, 2.24) is 9.97 Å². The molecule has 478 valence electrons. The van der Waals surface area contributed by atoms with Gasteiger partial charge in [-0.3, -0.25) is 0 Å². The smallest absolute Gasteiger partial charge is 0.227 e. The summed E-state index contributed by atoms with van der Waals surface area (Å²) in [5, 5.41) is 8.70. The van der Waals surface area contributed by atoms with Gasteiger partial charge in [-0.1, -0.05) is 218 Å². The predicted molar refractivity (Wildman–Crippen MR) is 419 cm³/mol. The number of fused-ring (bicyclic) bond motifs is 10. The highest BCUT2D eigenvalue weighted by Gasteiger charge is 2.25. The fraction of sp³-hybridized carbons (Fsp3) is 0. The minimum Gasteiger partial charge on any atom is -0.454 e. The van der Waals surface area contributed by atoms with E-state index in [0.717, 1.165) is 161 Å². The van der Waals surface area contributed by atoms with Crippen LogP contribution in [0.3, 0.4) is 0 Å². The molecule has 0 aliphatic carbocycles. The Balaban J connectivity index is 0.603. The van der Waals surface area contributed by atoms with Crippen molar-refractivity contribution in [1.29, 1.82) is 0 Å². The molecule has 0 spiro atoms. The summed E-state index contributed by atoms with van der Waals surface area (Å²) >= 11 is 0. The van der Waals surface area contributed by atoms with Gasteiger partial charge in [0.25, 0.3) is 0 Å². The highest BCUT2D eigenvalue weighted by molar-refractivity contribution is 6.15. The van der Waals surface area contributed by atoms with Crippen LogP contribution >= 0.6 is 0 Å². The van der Waals surface area contributed by atoms with E-state index < -0.39 is 0 Å². The number of nitrogens with zero attached hydrogens (tertiary/aromatic N) is 4. The van der Waals surface area contributed by atoms with E-state index in [1.165, 1.54) is 16.2 Å². The Bertz CT molecular complexity index is 6610. The van der Waals surface area contributed by atoms with Gasteiger partial charge in [0.05, 0.1) is 11.4 Å². The number of hydrogen-bond donors (Lipinski definition) is 0. The lowest BCUT2D eigenvalue weighted by Gasteiger charge is -2.26. The molecule has 0 atom stereocenters. The number of anilines is 6. The van der Waals surface area contributed by atoms with Gasteiger partial charge in [-0.05, 0) is 199 Å². The minimum atomic E-state index is 0.580. The lowest BCUT2D eigenvalue weighted by atomic mass is 9.95.